The van der Waals surface area contributed by atoms with Gasteiger partial charge >= 0.3 is 0 Å². The summed E-state index contributed by atoms with van der Waals surface area (Å²) in [6.45, 7) is 1.57. The molecule has 0 aliphatic heterocycles. The molecule has 4 nitrogen and oxygen atoms in total. The minimum Gasteiger partial charge on any atom is -0.504 e. The molecule has 64 valence electrons. The molecule has 0 aliphatic rings. The van der Waals surface area contributed by atoms with Crippen molar-refractivity contribution in [1.29, 1.82) is 0 Å². The highest BCUT2D eigenvalue weighted by Crippen LogP contribution is 2.29. The lowest BCUT2D eigenvalue weighted by atomic mass is 10.3. The Morgan fingerprint density at radius 1 is 1.08 bits per heavy atom. The van der Waals surface area contributed by atoms with E-state index in [9.17, 15) is 4.79 Å². The zero-order chi connectivity index (χ0) is 9.30. The average Bonchev–Trinajstić information content (AvgIpc) is 2.05. The number of aryl methyl sites for hydroxylation is 1. The quantitative estimate of drug-likeness (QED) is 0.526. The van der Waals surface area contributed by atoms with E-state index < -0.39 is 22.7 Å². The Morgan fingerprint density at radius 3 is 2.25 bits per heavy atom. The van der Waals surface area contributed by atoms with Crippen LogP contribution >= 0.6 is 0 Å². The Balaban J connectivity index is 3.69. The van der Waals surface area contributed by atoms with Crippen LogP contribution in [0.1, 0.15) is 5.56 Å². The number of hydrogen-bond donors (Lipinski definition) is 3. The van der Waals surface area contributed by atoms with Gasteiger partial charge in [-0.05, 0) is 24.6 Å². The SMILES string of the molecule is Cc1cc(O)c(O)c(O)c(=O)c1. The molecule has 0 radical (unpaired) electrons. The highest BCUT2D eigenvalue weighted by Gasteiger charge is 2.07. The third-order valence-electron chi connectivity index (χ3n) is 1.42. The Kier molecular flexibility index (Phi) is 1.91. The largest absolute Gasteiger partial charge is 0.504 e. The molecule has 0 heterocycles. The van der Waals surface area contributed by atoms with E-state index in [0.29, 0.717) is 5.56 Å². The monoisotopic (exact) mass is 168 g/mol. The molecule has 1 aromatic rings. The van der Waals surface area contributed by atoms with Gasteiger partial charge in [-0.15, -0.1) is 0 Å². The van der Waals surface area contributed by atoms with E-state index in [4.69, 9.17) is 15.3 Å². The van der Waals surface area contributed by atoms with Gasteiger partial charge < -0.3 is 15.3 Å². The summed E-state index contributed by atoms with van der Waals surface area (Å²) < 4.78 is 0. The third-order valence-corrected chi connectivity index (χ3v) is 1.42. The number of hydrogen-bond acceptors (Lipinski definition) is 4. The zero-order valence-corrected chi connectivity index (χ0v) is 6.40. The first kappa shape index (κ1) is 8.39. The summed E-state index contributed by atoms with van der Waals surface area (Å²) in [6.07, 6.45) is 0. The van der Waals surface area contributed by atoms with Crippen LogP contribution in [0.25, 0.3) is 0 Å². The number of aromatic hydroxyl groups is 3. The second-order valence-electron chi connectivity index (χ2n) is 2.48. The van der Waals surface area contributed by atoms with Crippen molar-refractivity contribution in [2.24, 2.45) is 0 Å². The van der Waals surface area contributed by atoms with Gasteiger partial charge in [0, 0.05) is 0 Å². The maximum atomic E-state index is 10.9. The fourth-order valence-corrected chi connectivity index (χ4v) is 0.839. The fraction of sp³-hybridized carbons (Fsp3) is 0.125. The molecule has 0 aliphatic carbocycles. The normalized spacial score (nSPS) is 9.75. The van der Waals surface area contributed by atoms with E-state index >= 15 is 0 Å². The first-order chi connectivity index (χ1) is 5.52. The van der Waals surface area contributed by atoms with Crippen molar-refractivity contribution >= 4 is 0 Å². The molecular weight excluding hydrogens is 160 g/mol. The van der Waals surface area contributed by atoms with Gasteiger partial charge in [0.1, 0.15) is 0 Å². The Bertz CT molecular complexity index is 370. The lowest BCUT2D eigenvalue weighted by Gasteiger charge is -1.91. The van der Waals surface area contributed by atoms with Gasteiger partial charge in [0.05, 0.1) is 0 Å². The van der Waals surface area contributed by atoms with Gasteiger partial charge in [-0.1, -0.05) is 0 Å². The van der Waals surface area contributed by atoms with Gasteiger partial charge in [0.25, 0.3) is 0 Å². The Hall–Kier alpha value is -1.71. The van der Waals surface area contributed by atoms with Crippen LogP contribution in [0.3, 0.4) is 0 Å². The van der Waals surface area contributed by atoms with Crippen molar-refractivity contribution in [3.8, 4) is 17.2 Å². The minimum absolute atomic E-state index is 0.466. The molecule has 0 atom stereocenters. The standard InChI is InChI=1S/C8H8O4/c1-4-2-5(9)7(11)8(12)6(10)3-4/h2-3H,1H3,(H3,9,10,11,12). The van der Waals surface area contributed by atoms with E-state index in [1.54, 1.807) is 6.92 Å². The molecule has 0 unspecified atom stereocenters. The lowest BCUT2D eigenvalue weighted by Crippen LogP contribution is -1.93. The summed E-state index contributed by atoms with van der Waals surface area (Å²) in [5.74, 6) is -2.12. The van der Waals surface area contributed by atoms with Gasteiger partial charge in [0.15, 0.2) is 5.75 Å². The second kappa shape index (κ2) is 2.73. The van der Waals surface area contributed by atoms with Crippen LogP contribution in [0.4, 0.5) is 0 Å². The molecule has 12 heavy (non-hydrogen) atoms. The van der Waals surface area contributed by atoms with E-state index in [1.807, 2.05) is 0 Å². The van der Waals surface area contributed by atoms with Gasteiger partial charge in [-0.3, -0.25) is 4.79 Å². The molecule has 0 amide bonds. The lowest BCUT2D eigenvalue weighted by molar-refractivity contribution is 0.368. The smallest absolute Gasteiger partial charge is 0.224 e. The van der Waals surface area contributed by atoms with Gasteiger partial charge in [0.2, 0.25) is 16.9 Å². The molecule has 0 bridgehead atoms. The zero-order valence-electron chi connectivity index (χ0n) is 6.40. The van der Waals surface area contributed by atoms with Gasteiger partial charge in [-0.2, -0.15) is 0 Å². The van der Waals surface area contributed by atoms with Crippen molar-refractivity contribution in [1.82, 2.24) is 0 Å². The molecule has 3 N–H and O–H groups in total. The van der Waals surface area contributed by atoms with Crippen LogP contribution in [0.2, 0.25) is 0 Å². The van der Waals surface area contributed by atoms with E-state index in [-0.39, 0.29) is 0 Å². The molecule has 0 saturated heterocycles. The van der Waals surface area contributed by atoms with E-state index in [0.717, 1.165) is 6.07 Å². The van der Waals surface area contributed by atoms with Crippen molar-refractivity contribution in [2.45, 2.75) is 6.92 Å². The van der Waals surface area contributed by atoms with Crippen molar-refractivity contribution in [3.63, 3.8) is 0 Å². The molecule has 0 spiro atoms. The van der Waals surface area contributed by atoms with Gasteiger partial charge in [-0.25, -0.2) is 0 Å². The van der Waals surface area contributed by atoms with E-state index in [1.165, 1.54) is 6.07 Å². The summed E-state index contributed by atoms with van der Waals surface area (Å²) in [4.78, 5) is 10.9. The topological polar surface area (TPSA) is 77.8 Å². The first-order valence-electron chi connectivity index (χ1n) is 3.28. The van der Waals surface area contributed by atoms with Crippen LogP contribution in [0, 0.1) is 6.92 Å². The van der Waals surface area contributed by atoms with Crippen molar-refractivity contribution in [2.75, 3.05) is 0 Å². The number of rotatable bonds is 0. The van der Waals surface area contributed by atoms with Crippen LogP contribution < -0.4 is 5.43 Å². The summed E-state index contributed by atoms with van der Waals surface area (Å²) in [5.41, 5.74) is -0.251. The van der Waals surface area contributed by atoms with Crippen LogP contribution in [0.5, 0.6) is 17.2 Å². The minimum atomic E-state index is -0.833. The van der Waals surface area contributed by atoms with E-state index in [2.05, 4.69) is 0 Å². The summed E-state index contributed by atoms with van der Waals surface area (Å²) in [7, 11) is 0. The van der Waals surface area contributed by atoms with Crippen LogP contribution in [-0.2, 0) is 0 Å². The van der Waals surface area contributed by atoms with Crippen molar-refractivity contribution < 1.29 is 15.3 Å². The second-order valence-corrected chi connectivity index (χ2v) is 2.48. The maximum absolute atomic E-state index is 10.9. The van der Waals surface area contributed by atoms with Crippen molar-refractivity contribution in [3.05, 3.63) is 27.9 Å². The first-order valence-corrected chi connectivity index (χ1v) is 3.28. The highest BCUT2D eigenvalue weighted by atomic mass is 16.3. The summed E-state index contributed by atoms with van der Waals surface area (Å²) in [5, 5.41) is 26.9. The third kappa shape index (κ3) is 1.32. The predicted octanol–water partition coefficient (Wildman–Crippen LogP) is 0.472. The average molecular weight is 168 g/mol. The fourth-order valence-electron chi connectivity index (χ4n) is 0.839. The van der Waals surface area contributed by atoms with Crippen LogP contribution in [-0.4, -0.2) is 15.3 Å². The summed E-state index contributed by atoms with van der Waals surface area (Å²) in [6, 6.07) is 2.31. The molecule has 0 fully saturated rings. The highest BCUT2D eigenvalue weighted by molar-refractivity contribution is 5.48. The Morgan fingerprint density at radius 2 is 1.67 bits per heavy atom. The Labute approximate surface area is 68.4 Å². The molecule has 1 rings (SSSR count). The maximum Gasteiger partial charge on any atom is 0.224 e. The molecule has 0 saturated carbocycles. The summed E-state index contributed by atoms with van der Waals surface area (Å²) >= 11 is 0. The van der Waals surface area contributed by atoms with Crippen LogP contribution in [0.15, 0.2) is 16.9 Å². The molecule has 1 aromatic carbocycles. The predicted molar refractivity (Wildman–Crippen MR) is 42.4 cm³/mol. The molecular formula is C8H8O4. The molecule has 0 aromatic heterocycles. The molecule has 4 heteroatoms.